The van der Waals surface area contributed by atoms with E-state index in [2.05, 4.69) is 83.1 Å². The highest BCUT2D eigenvalue weighted by Crippen LogP contribution is 2.19. The minimum Gasteiger partial charge on any atom is -0.759 e. The van der Waals surface area contributed by atoms with Crippen molar-refractivity contribution in [2.45, 2.75) is 237 Å². The summed E-state index contributed by atoms with van der Waals surface area (Å²) < 4.78 is 103. The van der Waals surface area contributed by atoms with E-state index in [1.165, 1.54) is 246 Å². The highest BCUT2D eigenvalue weighted by atomic mass is 32.3. The number of unbranched alkanes of at least 4 members (excludes halogenated alkanes) is 12. The molecule has 0 heterocycles. The quantitative estimate of drug-likeness (QED) is 0.0302. The Kier molecular flexibility index (Phi) is 59.3. The summed E-state index contributed by atoms with van der Waals surface area (Å²) in [7, 11) is -14.7. The Balaban J connectivity index is -0.000000176. The molecule has 0 bridgehead atoms. The average molecular weight is 1020 g/mol. The van der Waals surface area contributed by atoms with Crippen LogP contribution in [0.5, 0.6) is 0 Å². The summed E-state index contributed by atoms with van der Waals surface area (Å²) in [5.74, 6) is 0. The van der Waals surface area contributed by atoms with E-state index in [9.17, 15) is 0 Å². The first-order chi connectivity index (χ1) is 30.7. The van der Waals surface area contributed by atoms with Gasteiger partial charge >= 0.3 is 10.4 Å². The first-order valence-electron chi connectivity index (χ1n) is 26.3. The van der Waals surface area contributed by atoms with Crippen LogP contribution < -0.4 is 0 Å². The highest BCUT2D eigenvalue weighted by Gasteiger charge is 2.27. The maximum absolute atomic E-state index is 8.74. The van der Waals surface area contributed by atoms with Crippen molar-refractivity contribution in [3.8, 4) is 0 Å². The van der Waals surface area contributed by atoms with Crippen LogP contribution in [0.1, 0.15) is 237 Å². The van der Waals surface area contributed by atoms with Crippen molar-refractivity contribution in [2.75, 3.05) is 78.5 Å². The molecule has 0 saturated carbocycles. The van der Waals surface area contributed by atoms with Gasteiger partial charge in [0, 0.05) is 10.4 Å². The molecule has 0 aromatic rings. The predicted octanol–water partition coefficient (Wildman–Crippen LogP) is 12.0. The van der Waals surface area contributed by atoms with Gasteiger partial charge < -0.3 is 27.1 Å². The fourth-order valence-corrected chi connectivity index (χ4v) is 7.93. The maximum atomic E-state index is 8.74. The van der Waals surface area contributed by atoms with Crippen molar-refractivity contribution < 1.29 is 66.0 Å². The number of hydrogen-bond acceptors (Lipinski definition) is 9. The van der Waals surface area contributed by atoms with Crippen LogP contribution >= 0.6 is 0 Å². The summed E-state index contributed by atoms with van der Waals surface area (Å²) in [5.41, 5.74) is 0. The van der Waals surface area contributed by atoms with Crippen molar-refractivity contribution >= 4 is 31.2 Å². The van der Waals surface area contributed by atoms with E-state index in [0.717, 1.165) is 0 Å². The van der Waals surface area contributed by atoms with Crippen LogP contribution in [0.3, 0.4) is 0 Å². The fraction of sp³-hybridized carbons (Fsp3) is 1.00. The summed E-state index contributed by atoms with van der Waals surface area (Å²) in [6.07, 6.45) is 33.2. The predicted molar refractivity (Wildman–Crippen MR) is 275 cm³/mol. The monoisotopic (exact) mass is 1020 g/mol. The van der Waals surface area contributed by atoms with Crippen LogP contribution in [0.25, 0.3) is 0 Å². The van der Waals surface area contributed by atoms with Gasteiger partial charge in [-0.3, -0.25) is 22.1 Å². The second kappa shape index (κ2) is 50.9. The van der Waals surface area contributed by atoms with E-state index in [1.807, 2.05) is 0 Å². The third kappa shape index (κ3) is 70.1. The standard InChI is InChI=1S/3C16H36N.3H2O4S/c3*1-5-9-13-17(14-10-6-2,15-11-7-3)16-12-8-4;3*1-5(2,3)4/h3*5-16H2,1-4H3;3*(H2,1,2,3,4)/q3*+1;;;/p-3. The summed E-state index contributed by atoms with van der Waals surface area (Å²) >= 11 is 0. The SMILES string of the molecule is CCCC[N+](CCCC)(CCCC)CCCC.CCCC[N+](CCCC)(CCCC)CCCC.CCCC[N+](CCCC)(CCCC)CCCC.O=S(=O)(O)O.O=S(=O)([O-])O.O=S(=O)([O-])[O-]. The molecule has 0 aromatic heterocycles. The van der Waals surface area contributed by atoms with Gasteiger partial charge in [-0.15, -0.1) is 0 Å². The second-order valence-electron chi connectivity index (χ2n) is 18.2. The molecule has 0 amide bonds. The van der Waals surface area contributed by atoms with Crippen molar-refractivity contribution in [1.82, 2.24) is 0 Å². The van der Waals surface area contributed by atoms with E-state index >= 15 is 0 Å². The molecule has 18 heteroatoms. The third-order valence-corrected chi connectivity index (χ3v) is 11.8. The minimum absolute atomic E-state index is 1.35. The van der Waals surface area contributed by atoms with Crippen molar-refractivity contribution in [1.29, 1.82) is 0 Å². The average Bonchev–Trinajstić information content (AvgIpc) is 3.23. The van der Waals surface area contributed by atoms with Gasteiger partial charge in [0.15, 0.2) is 0 Å². The van der Waals surface area contributed by atoms with Gasteiger partial charge in [0.1, 0.15) is 0 Å². The Morgan fingerprint density at radius 3 is 0.379 bits per heavy atom. The Labute approximate surface area is 411 Å². The molecule has 0 aromatic carbocycles. The Morgan fingerprint density at radius 2 is 0.333 bits per heavy atom. The van der Waals surface area contributed by atoms with Gasteiger partial charge in [-0.25, -0.2) is 8.42 Å². The normalized spacial score (nSPS) is 11.9. The fourth-order valence-electron chi connectivity index (χ4n) is 7.93. The molecule has 0 fully saturated rings. The van der Waals surface area contributed by atoms with Gasteiger partial charge in [-0.05, 0) is 77.0 Å². The van der Waals surface area contributed by atoms with Gasteiger partial charge in [0.05, 0.1) is 78.5 Å². The van der Waals surface area contributed by atoms with Gasteiger partial charge in [-0.2, -0.15) is 8.42 Å². The maximum Gasteiger partial charge on any atom is 0.394 e. The number of hydrogen-bond donors (Lipinski definition) is 3. The smallest absolute Gasteiger partial charge is 0.394 e. The number of rotatable bonds is 36. The molecule has 0 aliphatic rings. The van der Waals surface area contributed by atoms with Crippen molar-refractivity contribution in [3.05, 3.63) is 0 Å². The molecule has 0 unspecified atom stereocenters. The molecule has 408 valence electrons. The van der Waals surface area contributed by atoms with Crippen LogP contribution in [0, 0.1) is 0 Å². The molecule has 3 N–H and O–H groups in total. The molecule has 0 rings (SSSR count). The Bertz CT molecular complexity index is 1010. The third-order valence-electron chi connectivity index (χ3n) is 11.8. The first kappa shape index (κ1) is 77.0. The minimum atomic E-state index is -5.17. The zero-order valence-electron chi connectivity index (χ0n) is 45.0. The molecule has 0 saturated heterocycles. The van der Waals surface area contributed by atoms with E-state index in [1.54, 1.807) is 0 Å². The number of nitrogens with zero attached hydrogens (tertiary/aromatic N) is 3. The molecular weight excluding hydrogens is 907 g/mol. The lowest BCUT2D eigenvalue weighted by Crippen LogP contribution is -2.50. The lowest BCUT2D eigenvalue weighted by Gasteiger charge is -2.39. The molecule has 15 nitrogen and oxygen atoms in total. The van der Waals surface area contributed by atoms with Crippen LogP contribution in [-0.4, -0.2) is 145 Å². The molecule has 0 atom stereocenters. The molecule has 0 aliphatic carbocycles. The van der Waals surface area contributed by atoms with Gasteiger partial charge in [0.2, 0.25) is 10.4 Å². The van der Waals surface area contributed by atoms with E-state index in [4.69, 9.17) is 52.6 Å². The van der Waals surface area contributed by atoms with Crippen LogP contribution in [0.15, 0.2) is 0 Å². The molecule has 0 aliphatic heterocycles. The highest BCUT2D eigenvalue weighted by molar-refractivity contribution is 7.80. The first-order valence-corrected chi connectivity index (χ1v) is 30.4. The van der Waals surface area contributed by atoms with Gasteiger partial charge in [0.25, 0.3) is 0 Å². The van der Waals surface area contributed by atoms with E-state index in [-0.39, 0.29) is 0 Å². The molecule has 66 heavy (non-hydrogen) atoms. The van der Waals surface area contributed by atoms with Crippen LogP contribution in [-0.2, 0) is 31.2 Å². The summed E-state index contributed by atoms with van der Waals surface area (Å²) in [6, 6.07) is 0. The second-order valence-corrected chi connectivity index (χ2v) is 20.8. The van der Waals surface area contributed by atoms with Gasteiger partial charge in [-0.1, -0.05) is 160 Å². The lowest BCUT2D eigenvalue weighted by atomic mass is 10.1. The molecule has 0 radical (unpaired) electrons. The topological polar surface area (TPSA) is 232 Å². The van der Waals surface area contributed by atoms with E-state index in [0.29, 0.717) is 0 Å². The lowest BCUT2D eigenvalue weighted by molar-refractivity contribution is -0.929. The molecular formula is C48H111N3O12S3. The van der Waals surface area contributed by atoms with E-state index < -0.39 is 31.2 Å². The molecule has 0 spiro atoms. The van der Waals surface area contributed by atoms with Crippen molar-refractivity contribution in [3.63, 3.8) is 0 Å². The van der Waals surface area contributed by atoms with Crippen molar-refractivity contribution in [2.24, 2.45) is 0 Å². The Hall–Kier alpha value is -0.510. The summed E-state index contributed by atoms with van der Waals surface area (Å²) in [6.45, 7) is 45.1. The number of quaternary nitrogens is 3. The zero-order valence-corrected chi connectivity index (χ0v) is 47.5. The van der Waals surface area contributed by atoms with Crippen LogP contribution in [0.4, 0.5) is 0 Å². The summed E-state index contributed by atoms with van der Waals surface area (Å²) in [4.78, 5) is 0. The zero-order chi connectivity index (χ0) is 52.5. The Morgan fingerprint density at radius 1 is 0.273 bits per heavy atom. The summed E-state index contributed by atoms with van der Waals surface area (Å²) in [5, 5.41) is 0. The van der Waals surface area contributed by atoms with Crippen LogP contribution in [0.2, 0.25) is 0 Å². The largest absolute Gasteiger partial charge is 0.759 e.